The Morgan fingerprint density at radius 3 is 2.39 bits per heavy atom. The van der Waals surface area contributed by atoms with Gasteiger partial charge in [-0.1, -0.05) is 20.8 Å². The van der Waals surface area contributed by atoms with E-state index in [0.717, 1.165) is 24.3 Å². The molecule has 0 aliphatic heterocycles. The number of anilines is 1. The molecule has 0 saturated carbocycles. The molecule has 1 aromatic carbocycles. The summed E-state index contributed by atoms with van der Waals surface area (Å²) in [4.78, 5) is 0. The first-order chi connectivity index (χ1) is 8.51. The average molecular weight is 251 g/mol. The molecule has 0 bridgehead atoms. The molecular formula is C15H25NO2. The van der Waals surface area contributed by atoms with Crippen molar-refractivity contribution in [3.8, 4) is 11.5 Å². The molecule has 0 spiro atoms. The lowest BCUT2D eigenvalue weighted by molar-refractivity contribution is 0.192. The molecule has 3 nitrogen and oxygen atoms in total. The predicted molar refractivity (Wildman–Crippen MR) is 76.2 cm³/mol. The molecule has 0 aliphatic carbocycles. The summed E-state index contributed by atoms with van der Waals surface area (Å²) in [5, 5.41) is 0. The summed E-state index contributed by atoms with van der Waals surface area (Å²) in [7, 11) is 0. The van der Waals surface area contributed by atoms with Gasteiger partial charge in [-0.15, -0.1) is 0 Å². The Morgan fingerprint density at radius 1 is 1.11 bits per heavy atom. The van der Waals surface area contributed by atoms with Crippen LogP contribution in [0, 0.1) is 5.92 Å². The van der Waals surface area contributed by atoms with Gasteiger partial charge in [0.05, 0.1) is 12.7 Å². The van der Waals surface area contributed by atoms with Crippen LogP contribution < -0.4 is 15.2 Å². The lowest BCUT2D eigenvalue weighted by Gasteiger charge is -2.17. The topological polar surface area (TPSA) is 44.5 Å². The highest BCUT2D eigenvalue weighted by Crippen LogP contribution is 2.26. The molecule has 0 amide bonds. The van der Waals surface area contributed by atoms with Crippen LogP contribution in [0.1, 0.15) is 40.5 Å². The fourth-order valence-electron chi connectivity index (χ4n) is 1.91. The minimum absolute atomic E-state index is 0.186. The van der Waals surface area contributed by atoms with Crippen LogP contribution in [0.2, 0.25) is 0 Å². The summed E-state index contributed by atoms with van der Waals surface area (Å²) < 4.78 is 11.4. The van der Waals surface area contributed by atoms with Crippen molar-refractivity contribution in [1.29, 1.82) is 0 Å². The number of nitrogens with two attached hydrogens (primary N) is 1. The van der Waals surface area contributed by atoms with Gasteiger partial charge in [-0.3, -0.25) is 0 Å². The van der Waals surface area contributed by atoms with Crippen molar-refractivity contribution < 1.29 is 9.47 Å². The second kappa shape index (κ2) is 7.14. The van der Waals surface area contributed by atoms with Gasteiger partial charge in [-0.2, -0.15) is 0 Å². The van der Waals surface area contributed by atoms with Crippen molar-refractivity contribution in [2.24, 2.45) is 5.92 Å². The summed E-state index contributed by atoms with van der Waals surface area (Å²) in [6.45, 7) is 9.23. The molecule has 2 N–H and O–H groups in total. The van der Waals surface area contributed by atoms with E-state index < -0.39 is 0 Å². The van der Waals surface area contributed by atoms with Crippen LogP contribution in [0.5, 0.6) is 11.5 Å². The van der Waals surface area contributed by atoms with E-state index in [1.165, 1.54) is 0 Å². The average Bonchev–Trinajstić information content (AvgIpc) is 2.24. The standard InChI is InChI=1S/C15H25NO2/c1-5-6-17-14-8-13(16)9-15(10-14)18-12(4)7-11(2)3/h8-12H,5-7,16H2,1-4H3. The van der Waals surface area contributed by atoms with Gasteiger partial charge in [0.2, 0.25) is 0 Å². The summed E-state index contributed by atoms with van der Waals surface area (Å²) in [5.41, 5.74) is 6.52. The lowest BCUT2D eigenvalue weighted by atomic mass is 10.1. The Labute approximate surface area is 110 Å². The van der Waals surface area contributed by atoms with Gasteiger partial charge in [0.25, 0.3) is 0 Å². The Hall–Kier alpha value is -1.38. The summed E-state index contributed by atoms with van der Waals surface area (Å²) in [6.07, 6.45) is 2.19. The fourth-order valence-corrected chi connectivity index (χ4v) is 1.91. The Balaban J connectivity index is 2.67. The summed E-state index contributed by atoms with van der Waals surface area (Å²) in [5.74, 6) is 2.19. The Bertz CT molecular complexity index is 364. The zero-order chi connectivity index (χ0) is 13.5. The van der Waals surface area contributed by atoms with Crippen LogP contribution in [-0.4, -0.2) is 12.7 Å². The molecule has 1 rings (SSSR count). The quantitative estimate of drug-likeness (QED) is 0.748. The van der Waals surface area contributed by atoms with Crippen LogP contribution in [0.15, 0.2) is 18.2 Å². The number of benzene rings is 1. The van der Waals surface area contributed by atoms with Gasteiger partial charge in [-0.05, 0) is 25.7 Å². The minimum Gasteiger partial charge on any atom is -0.493 e. The number of hydrogen-bond acceptors (Lipinski definition) is 3. The SMILES string of the molecule is CCCOc1cc(N)cc(OC(C)CC(C)C)c1. The van der Waals surface area contributed by atoms with Gasteiger partial charge >= 0.3 is 0 Å². The maximum Gasteiger partial charge on any atom is 0.125 e. The Morgan fingerprint density at radius 2 is 1.78 bits per heavy atom. The van der Waals surface area contributed by atoms with Gasteiger partial charge in [0, 0.05) is 23.9 Å². The molecule has 3 heteroatoms. The largest absolute Gasteiger partial charge is 0.493 e. The molecular weight excluding hydrogens is 226 g/mol. The van der Waals surface area contributed by atoms with Gasteiger partial charge in [0.15, 0.2) is 0 Å². The minimum atomic E-state index is 0.186. The first kappa shape index (κ1) is 14.7. The van der Waals surface area contributed by atoms with E-state index in [0.29, 0.717) is 18.2 Å². The highest BCUT2D eigenvalue weighted by Gasteiger charge is 2.08. The maximum atomic E-state index is 5.87. The van der Waals surface area contributed by atoms with Gasteiger partial charge in [-0.25, -0.2) is 0 Å². The third-order valence-electron chi connectivity index (χ3n) is 2.52. The molecule has 1 unspecified atom stereocenters. The van der Waals surface area contributed by atoms with E-state index in [-0.39, 0.29) is 6.10 Å². The summed E-state index contributed by atoms with van der Waals surface area (Å²) in [6, 6.07) is 5.58. The van der Waals surface area contributed by atoms with Crippen molar-refractivity contribution in [2.75, 3.05) is 12.3 Å². The first-order valence-corrected chi connectivity index (χ1v) is 6.71. The third-order valence-corrected chi connectivity index (χ3v) is 2.52. The van der Waals surface area contributed by atoms with Gasteiger partial charge < -0.3 is 15.2 Å². The van der Waals surface area contributed by atoms with E-state index in [1.54, 1.807) is 0 Å². The maximum absolute atomic E-state index is 5.87. The zero-order valence-electron chi connectivity index (χ0n) is 11.9. The third kappa shape index (κ3) is 5.30. The number of ether oxygens (including phenoxy) is 2. The van der Waals surface area contributed by atoms with Gasteiger partial charge in [0.1, 0.15) is 11.5 Å². The molecule has 0 aliphatic rings. The molecule has 18 heavy (non-hydrogen) atoms. The number of nitrogen functional groups attached to an aromatic ring is 1. The van der Waals surface area contributed by atoms with Crippen LogP contribution >= 0.6 is 0 Å². The van der Waals surface area contributed by atoms with E-state index in [2.05, 4.69) is 27.7 Å². The van der Waals surface area contributed by atoms with Crippen molar-refractivity contribution in [3.05, 3.63) is 18.2 Å². The molecule has 102 valence electrons. The normalized spacial score (nSPS) is 12.5. The molecule has 0 heterocycles. The van der Waals surface area contributed by atoms with Crippen molar-refractivity contribution >= 4 is 5.69 Å². The van der Waals surface area contributed by atoms with Crippen LogP contribution in [0.25, 0.3) is 0 Å². The van der Waals surface area contributed by atoms with E-state index >= 15 is 0 Å². The van der Waals surface area contributed by atoms with Crippen molar-refractivity contribution in [2.45, 2.75) is 46.6 Å². The molecule has 1 aromatic rings. The van der Waals surface area contributed by atoms with E-state index in [1.807, 2.05) is 18.2 Å². The Kier molecular flexibility index (Phi) is 5.83. The fraction of sp³-hybridized carbons (Fsp3) is 0.600. The van der Waals surface area contributed by atoms with Crippen LogP contribution in [-0.2, 0) is 0 Å². The molecule has 1 atom stereocenters. The predicted octanol–water partition coefficient (Wildman–Crippen LogP) is 3.87. The molecule has 0 fully saturated rings. The van der Waals surface area contributed by atoms with Crippen LogP contribution in [0.4, 0.5) is 5.69 Å². The second-order valence-electron chi connectivity index (χ2n) is 5.14. The van der Waals surface area contributed by atoms with E-state index in [9.17, 15) is 0 Å². The lowest BCUT2D eigenvalue weighted by Crippen LogP contribution is -2.14. The second-order valence-corrected chi connectivity index (χ2v) is 5.14. The smallest absolute Gasteiger partial charge is 0.125 e. The van der Waals surface area contributed by atoms with Crippen LogP contribution in [0.3, 0.4) is 0 Å². The molecule has 0 saturated heterocycles. The summed E-state index contributed by atoms with van der Waals surface area (Å²) >= 11 is 0. The highest BCUT2D eigenvalue weighted by molar-refractivity contribution is 5.50. The monoisotopic (exact) mass is 251 g/mol. The van der Waals surface area contributed by atoms with Crippen molar-refractivity contribution in [1.82, 2.24) is 0 Å². The first-order valence-electron chi connectivity index (χ1n) is 6.71. The zero-order valence-corrected chi connectivity index (χ0v) is 11.9. The number of rotatable bonds is 7. The number of hydrogen-bond donors (Lipinski definition) is 1. The van der Waals surface area contributed by atoms with E-state index in [4.69, 9.17) is 15.2 Å². The molecule has 0 radical (unpaired) electrons. The molecule has 0 aromatic heterocycles. The van der Waals surface area contributed by atoms with Crippen molar-refractivity contribution in [3.63, 3.8) is 0 Å². The highest BCUT2D eigenvalue weighted by atomic mass is 16.5.